The molecule has 0 saturated carbocycles. The Hall–Kier alpha value is -2.59. The van der Waals surface area contributed by atoms with Crippen LogP contribution in [0.25, 0.3) is 11.2 Å². The molecule has 142 valence electrons. The Labute approximate surface area is 155 Å². The second-order valence-corrected chi connectivity index (χ2v) is 6.44. The van der Waals surface area contributed by atoms with Crippen molar-refractivity contribution in [3.8, 4) is 0 Å². The van der Waals surface area contributed by atoms with E-state index in [9.17, 15) is 15.3 Å². The lowest BCUT2D eigenvalue weighted by molar-refractivity contribution is -0.0511. The highest BCUT2D eigenvalue weighted by atomic mass is 16.6. The molecular formula is C18H21N5O4. The normalized spacial score (nSPS) is 25.1. The molecule has 3 aromatic rings. The van der Waals surface area contributed by atoms with E-state index >= 15 is 0 Å². The van der Waals surface area contributed by atoms with Crippen molar-refractivity contribution in [2.24, 2.45) is 0 Å². The molecule has 4 N–H and O–H groups in total. The van der Waals surface area contributed by atoms with Crippen molar-refractivity contribution in [1.82, 2.24) is 19.5 Å². The predicted octanol–water partition coefficient (Wildman–Crippen LogP) is 0.0924. The molecule has 0 amide bonds. The zero-order valence-electron chi connectivity index (χ0n) is 14.5. The summed E-state index contributed by atoms with van der Waals surface area (Å²) < 4.78 is 7.10. The van der Waals surface area contributed by atoms with E-state index < -0.39 is 24.5 Å². The van der Waals surface area contributed by atoms with Gasteiger partial charge in [0.2, 0.25) is 0 Å². The zero-order valence-corrected chi connectivity index (χ0v) is 14.5. The standard InChI is InChI=1S/C18H21N5O4/c24-8-12-14(25)15(26)18(27-12)23-10-22-13-16(20-9-21-17(13)23)19-7-6-11-4-2-1-3-5-11/h1-5,9-10,12,14-15,18,24-26H,6-8H2,(H,19,20,21)/t12-,14+,15+,18+/m0/s1. The van der Waals surface area contributed by atoms with Crippen molar-refractivity contribution in [2.75, 3.05) is 18.5 Å². The van der Waals surface area contributed by atoms with Crippen LogP contribution in [-0.2, 0) is 11.2 Å². The first kappa shape index (κ1) is 17.8. The van der Waals surface area contributed by atoms with Crippen molar-refractivity contribution >= 4 is 17.0 Å². The van der Waals surface area contributed by atoms with E-state index in [0.717, 1.165) is 6.42 Å². The quantitative estimate of drug-likeness (QED) is 0.480. The van der Waals surface area contributed by atoms with Gasteiger partial charge in [0.1, 0.15) is 24.6 Å². The number of ether oxygens (including phenoxy) is 1. The number of rotatable bonds is 6. The smallest absolute Gasteiger partial charge is 0.167 e. The molecule has 1 saturated heterocycles. The summed E-state index contributed by atoms with van der Waals surface area (Å²) in [5.41, 5.74) is 2.23. The van der Waals surface area contributed by atoms with Gasteiger partial charge in [0, 0.05) is 6.54 Å². The van der Waals surface area contributed by atoms with E-state index in [0.29, 0.717) is 23.5 Å². The molecule has 3 heterocycles. The second-order valence-electron chi connectivity index (χ2n) is 6.44. The highest BCUT2D eigenvalue weighted by Gasteiger charge is 2.44. The summed E-state index contributed by atoms with van der Waals surface area (Å²) in [5.74, 6) is 0.585. The monoisotopic (exact) mass is 371 g/mol. The van der Waals surface area contributed by atoms with Crippen LogP contribution in [0.2, 0.25) is 0 Å². The molecule has 9 nitrogen and oxygen atoms in total. The summed E-state index contributed by atoms with van der Waals surface area (Å²) in [4.78, 5) is 12.8. The average molecular weight is 371 g/mol. The SMILES string of the molecule is OC[C@@H]1O[C@@H](n2cnc3c(NCCc4ccccc4)ncnc32)[C@H](O)[C@@H]1O. The lowest BCUT2D eigenvalue weighted by Gasteiger charge is -2.16. The minimum Gasteiger partial charge on any atom is -0.394 e. The van der Waals surface area contributed by atoms with Crippen molar-refractivity contribution in [1.29, 1.82) is 0 Å². The molecule has 4 atom stereocenters. The number of hydrogen-bond acceptors (Lipinski definition) is 8. The number of aromatic nitrogens is 4. The summed E-state index contributed by atoms with van der Waals surface area (Å²) >= 11 is 0. The average Bonchev–Trinajstić information content (AvgIpc) is 3.25. The number of nitrogens with one attached hydrogen (secondary N) is 1. The van der Waals surface area contributed by atoms with Crippen LogP contribution in [-0.4, -0.2) is 66.3 Å². The maximum atomic E-state index is 10.2. The van der Waals surface area contributed by atoms with E-state index in [4.69, 9.17) is 4.74 Å². The number of aliphatic hydroxyl groups is 3. The molecule has 0 bridgehead atoms. The van der Waals surface area contributed by atoms with E-state index in [1.54, 1.807) is 4.57 Å². The fourth-order valence-electron chi connectivity index (χ4n) is 3.25. The number of hydrogen-bond donors (Lipinski definition) is 4. The molecule has 1 aromatic carbocycles. The summed E-state index contributed by atoms with van der Waals surface area (Å²) in [5, 5.41) is 32.7. The predicted molar refractivity (Wildman–Crippen MR) is 97.0 cm³/mol. The molecule has 4 rings (SSSR count). The Morgan fingerprint density at radius 3 is 2.63 bits per heavy atom. The van der Waals surface area contributed by atoms with Crippen LogP contribution in [0, 0.1) is 0 Å². The Kier molecular flexibility index (Phi) is 4.99. The molecule has 0 aliphatic carbocycles. The lowest BCUT2D eigenvalue weighted by atomic mass is 10.1. The molecule has 9 heteroatoms. The third-order valence-electron chi connectivity index (χ3n) is 4.70. The van der Waals surface area contributed by atoms with Crippen LogP contribution in [0.3, 0.4) is 0 Å². The van der Waals surface area contributed by atoms with Gasteiger partial charge in [0.05, 0.1) is 12.9 Å². The number of imidazole rings is 1. The molecule has 0 radical (unpaired) electrons. The van der Waals surface area contributed by atoms with Crippen LogP contribution in [0.1, 0.15) is 11.8 Å². The minimum absolute atomic E-state index is 0.386. The highest BCUT2D eigenvalue weighted by Crippen LogP contribution is 2.32. The van der Waals surface area contributed by atoms with Crippen molar-refractivity contribution in [3.63, 3.8) is 0 Å². The van der Waals surface area contributed by atoms with Crippen molar-refractivity contribution < 1.29 is 20.1 Å². The van der Waals surface area contributed by atoms with Crippen LogP contribution in [0.4, 0.5) is 5.82 Å². The Morgan fingerprint density at radius 1 is 1.07 bits per heavy atom. The first-order valence-corrected chi connectivity index (χ1v) is 8.77. The van der Waals surface area contributed by atoms with Gasteiger partial charge in [-0.2, -0.15) is 0 Å². The van der Waals surface area contributed by atoms with Crippen LogP contribution < -0.4 is 5.32 Å². The Morgan fingerprint density at radius 2 is 1.89 bits per heavy atom. The summed E-state index contributed by atoms with van der Waals surface area (Å²) in [6.07, 6.45) is -0.370. The van der Waals surface area contributed by atoms with Crippen molar-refractivity contribution in [2.45, 2.75) is 31.0 Å². The van der Waals surface area contributed by atoms with Crippen LogP contribution in [0.5, 0.6) is 0 Å². The molecule has 0 spiro atoms. The number of benzene rings is 1. The number of fused-ring (bicyclic) bond motifs is 1. The molecule has 0 unspecified atom stereocenters. The molecular weight excluding hydrogens is 350 g/mol. The van der Waals surface area contributed by atoms with Gasteiger partial charge in [-0.1, -0.05) is 30.3 Å². The number of aliphatic hydroxyl groups excluding tert-OH is 3. The number of anilines is 1. The van der Waals surface area contributed by atoms with E-state index in [2.05, 4.69) is 32.4 Å². The lowest BCUT2D eigenvalue weighted by Crippen LogP contribution is -2.33. The van der Waals surface area contributed by atoms with Gasteiger partial charge >= 0.3 is 0 Å². The van der Waals surface area contributed by atoms with Gasteiger partial charge < -0.3 is 25.4 Å². The fraction of sp³-hybridized carbons (Fsp3) is 0.389. The van der Waals surface area contributed by atoms with Gasteiger partial charge in [-0.15, -0.1) is 0 Å². The summed E-state index contributed by atoms with van der Waals surface area (Å²) in [6.45, 7) is 0.291. The van der Waals surface area contributed by atoms with Gasteiger partial charge in [0.15, 0.2) is 23.2 Å². The minimum atomic E-state index is -1.19. The number of nitrogens with zero attached hydrogens (tertiary/aromatic N) is 4. The molecule has 1 aliphatic heterocycles. The van der Waals surface area contributed by atoms with Gasteiger partial charge in [-0.05, 0) is 12.0 Å². The first-order chi connectivity index (χ1) is 13.2. The maximum absolute atomic E-state index is 10.2. The molecule has 1 fully saturated rings. The van der Waals surface area contributed by atoms with E-state index in [1.807, 2.05) is 18.2 Å². The summed E-state index contributed by atoms with van der Waals surface area (Å²) in [6, 6.07) is 10.1. The second kappa shape index (κ2) is 7.57. The fourth-order valence-corrected chi connectivity index (χ4v) is 3.25. The Bertz CT molecular complexity index is 903. The third-order valence-corrected chi connectivity index (χ3v) is 4.70. The van der Waals surface area contributed by atoms with Crippen molar-refractivity contribution in [3.05, 3.63) is 48.5 Å². The van der Waals surface area contributed by atoms with E-state index in [1.165, 1.54) is 18.2 Å². The maximum Gasteiger partial charge on any atom is 0.167 e. The Balaban J connectivity index is 1.53. The van der Waals surface area contributed by atoms with Gasteiger partial charge in [-0.25, -0.2) is 15.0 Å². The summed E-state index contributed by atoms with van der Waals surface area (Å²) in [7, 11) is 0. The highest BCUT2D eigenvalue weighted by molar-refractivity contribution is 5.82. The van der Waals surface area contributed by atoms with Crippen LogP contribution in [0.15, 0.2) is 43.0 Å². The van der Waals surface area contributed by atoms with Gasteiger partial charge in [0.25, 0.3) is 0 Å². The first-order valence-electron chi connectivity index (χ1n) is 8.77. The van der Waals surface area contributed by atoms with Gasteiger partial charge in [-0.3, -0.25) is 4.57 Å². The van der Waals surface area contributed by atoms with Crippen LogP contribution >= 0.6 is 0 Å². The largest absolute Gasteiger partial charge is 0.394 e. The molecule has 2 aromatic heterocycles. The molecule has 1 aliphatic rings. The zero-order chi connectivity index (χ0) is 18.8. The van der Waals surface area contributed by atoms with E-state index in [-0.39, 0.29) is 6.61 Å². The molecule has 27 heavy (non-hydrogen) atoms. The third kappa shape index (κ3) is 3.37. The topological polar surface area (TPSA) is 126 Å².